The molecule has 0 atom stereocenters. The first kappa shape index (κ1) is 10.6. The van der Waals surface area contributed by atoms with Crippen molar-refractivity contribution in [3.05, 3.63) is 23.3 Å². The van der Waals surface area contributed by atoms with Crippen molar-refractivity contribution in [3.63, 3.8) is 0 Å². The minimum Gasteiger partial charge on any atom is -0.508 e. The summed E-state index contributed by atoms with van der Waals surface area (Å²) in [5.41, 5.74) is 0.902. The second-order valence-corrected chi connectivity index (χ2v) is 3.68. The molecule has 0 saturated carbocycles. The van der Waals surface area contributed by atoms with Crippen LogP contribution in [-0.4, -0.2) is 16.0 Å². The topological polar surface area (TPSA) is 57.5 Å². The molecule has 0 unspecified atom stereocenters. The van der Waals surface area contributed by atoms with Crippen LogP contribution in [0, 0.1) is 12.8 Å². The number of rotatable bonds is 2. The van der Waals surface area contributed by atoms with Crippen LogP contribution in [-0.2, 0) is 0 Å². The van der Waals surface area contributed by atoms with Gasteiger partial charge in [0.25, 0.3) is 0 Å². The molecule has 0 bridgehead atoms. The highest BCUT2D eigenvalue weighted by molar-refractivity contribution is 6.01. The molecule has 14 heavy (non-hydrogen) atoms. The van der Waals surface area contributed by atoms with Crippen LogP contribution in [0.3, 0.4) is 0 Å². The molecule has 0 aromatic heterocycles. The van der Waals surface area contributed by atoms with Gasteiger partial charge in [-0.1, -0.05) is 13.8 Å². The molecule has 0 radical (unpaired) electrons. The van der Waals surface area contributed by atoms with Crippen LogP contribution in [0.5, 0.6) is 11.5 Å². The van der Waals surface area contributed by atoms with Crippen LogP contribution >= 0.6 is 0 Å². The zero-order valence-electron chi connectivity index (χ0n) is 8.53. The van der Waals surface area contributed by atoms with E-state index in [1.807, 2.05) is 0 Å². The van der Waals surface area contributed by atoms with Crippen molar-refractivity contribution in [3.8, 4) is 11.5 Å². The quantitative estimate of drug-likeness (QED) is 0.710. The summed E-state index contributed by atoms with van der Waals surface area (Å²) in [6.45, 7) is 5.23. The Kier molecular flexibility index (Phi) is 2.79. The highest BCUT2D eigenvalue weighted by Crippen LogP contribution is 2.28. The van der Waals surface area contributed by atoms with Crippen molar-refractivity contribution < 1.29 is 15.0 Å². The van der Waals surface area contributed by atoms with E-state index < -0.39 is 0 Å². The van der Waals surface area contributed by atoms with E-state index >= 15 is 0 Å². The van der Waals surface area contributed by atoms with E-state index in [0.29, 0.717) is 11.1 Å². The zero-order valence-corrected chi connectivity index (χ0v) is 8.53. The van der Waals surface area contributed by atoms with Gasteiger partial charge in [-0.05, 0) is 18.6 Å². The summed E-state index contributed by atoms with van der Waals surface area (Å²) >= 11 is 0. The number of ketones is 1. The van der Waals surface area contributed by atoms with Crippen LogP contribution in [0.1, 0.15) is 29.8 Å². The lowest BCUT2D eigenvalue weighted by atomic mass is 9.96. The van der Waals surface area contributed by atoms with E-state index in [-0.39, 0.29) is 23.2 Å². The maximum atomic E-state index is 11.7. The molecule has 0 amide bonds. The fourth-order valence-electron chi connectivity index (χ4n) is 1.36. The Morgan fingerprint density at radius 3 is 2.29 bits per heavy atom. The highest BCUT2D eigenvalue weighted by atomic mass is 16.3. The average Bonchev–Trinajstić information content (AvgIpc) is 2.01. The molecular formula is C11H14O3. The number of Topliss-reactive ketones (excluding diaryl/α,β-unsaturated/α-hetero) is 1. The Morgan fingerprint density at radius 2 is 1.86 bits per heavy atom. The molecule has 3 nitrogen and oxygen atoms in total. The predicted octanol–water partition coefficient (Wildman–Crippen LogP) is 2.24. The first-order valence-electron chi connectivity index (χ1n) is 4.50. The van der Waals surface area contributed by atoms with Crippen LogP contribution in [0.4, 0.5) is 0 Å². The largest absolute Gasteiger partial charge is 0.508 e. The number of benzene rings is 1. The van der Waals surface area contributed by atoms with Gasteiger partial charge in [-0.2, -0.15) is 0 Å². The Balaban J connectivity index is 3.28. The molecular weight excluding hydrogens is 180 g/mol. The van der Waals surface area contributed by atoms with Gasteiger partial charge in [-0.3, -0.25) is 4.79 Å². The lowest BCUT2D eigenvalue weighted by Crippen LogP contribution is -2.09. The third kappa shape index (κ3) is 1.87. The SMILES string of the molecule is Cc1cc(O)cc(O)c1C(=O)C(C)C. The van der Waals surface area contributed by atoms with Crippen LogP contribution in [0.15, 0.2) is 12.1 Å². The van der Waals surface area contributed by atoms with E-state index in [4.69, 9.17) is 5.11 Å². The molecule has 0 aliphatic carbocycles. The Morgan fingerprint density at radius 1 is 1.29 bits per heavy atom. The Bertz CT molecular complexity index is 344. The van der Waals surface area contributed by atoms with Crippen molar-refractivity contribution >= 4 is 5.78 Å². The standard InChI is InChI=1S/C11H14O3/c1-6(2)11(14)10-7(3)4-8(12)5-9(10)13/h4-6,12-13H,1-3H3. The number of hydrogen-bond donors (Lipinski definition) is 2. The van der Waals surface area contributed by atoms with E-state index in [0.717, 1.165) is 0 Å². The number of carbonyl (C=O) groups excluding carboxylic acids is 1. The number of phenolic OH excluding ortho intramolecular Hbond substituents is 2. The normalized spacial score (nSPS) is 10.6. The number of hydrogen-bond acceptors (Lipinski definition) is 3. The van der Waals surface area contributed by atoms with E-state index in [1.165, 1.54) is 12.1 Å². The summed E-state index contributed by atoms with van der Waals surface area (Å²) in [4.78, 5) is 11.7. The molecule has 0 aliphatic rings. The fraction of sp³-hybridized carbons (Fsp3) is 0.364. The zero-order chi connectivity index (χ0) is 10.9. The molecule has 0 aliphatic heterocycles. The first-order chi connectivity index (χ1) is 6.43. The second-order valence-electron chi connectivity index (χ2n) is 3.68. The summed E-state index contributed by atoms with van der Waals surface area (Å²) < 4.78 is 0. The smallest absolute Gasteiger partial charge is 0.169 e. The summed E-state index contributed by atoms with van der Waals surface area (Å²) in [6.07, 6.45) is 0. The van der Waals surface area contributed by atoms with E-state index in [2.05, 4.69) is 0 Å². The van der Waals surface area contributed by atoms with Crippen molar-refractivity contribution in [2.45, 2.75) is 20.8 Å². The number of phenols is 2. The molecule has 0 heterocycles. The van der Waals surface area contributed by atoms with Crippen LogP contribution in [0.2, 0.25) is 0 Å². The highest BCUT2D eigenvalue weighted by Gasteiger charge is 2.17. The lowest BCUT2D eigenvalue weighted by Gasteiger charge is -2.10. The number of aromatic hydroxyl groups is 2. The van der Waals surface area contributed by atoms with Crippen molar-refractivity contribution in [1.82, 2.24) is 0 Å². The average molecular weight is 194 g/mol. The van der Waals surface area contributed by atoms with Crippen molar-refractivity contribution in [2.75, 3.05) is 0 Å². The maximum absolute atomic E-state index is 11.7. The minimum absolute atomic E-state index is 0.0275. The Hall–Kier alpha value is -1.51. The van der Waals surface area contributed by atoms with Gasteiger partial charge >= 0.3 is 0 Å². The fourth-order valence-corrected chi connectivity index (χ4v) is 1.36. The van der Waals surface area contributed by atoms with E-state index in [9.17, 15) is 9.90 Å². The molecule has 76 valence electrons. The molecule has 2 N–H and O–H groups in total. The summed E-state index contributed by atoms with van der Waals surface area (Å²) in [5, 5.41) is 18.7. The van der Waals surface area contributed by atoms with Gasteiger partial charge < -0.3 is 10.2 Å². The van der Waals surface area contributed by atoms with Crippen LogP contribution in [0.25, 0.3) is 0 Å². The third-order valence-electron chi connectivity index (χ3n) is 2.07. The van der Waals surface area contributed by atoms with Gasteiger partial charge in [0.2, 0.25) is 0 Å². The van der Waals surface area contributed by atoms with Gasteiger partial charge in [-0.25, -0.2) is 0 Å². The number of aryl methyl sites for hydroxylation is 1. The summed E-state index contributed by atoms with van der Waals surface area (Å²) in [6, 6.07) is 2.65. The predicted molar refractivity (Wildman–Crippen MR) is 53.7 cm³/mol. The van der Waals surface area contributed by atoms with Gasteiger partial charge in [0.1, 0.15) is 11.5 Å². The number of carbonyl (C=O) groups is 1. The van der Waals surface area contributed by atoms with Gasteiger partial charge in [0, 0.05) is 12.0 Å². The lowest BCUT2D eigenvalue weighted by molar-refractivity contribution is 0.0936. The van der Waals surface area contributed by atoms with Crippen molar-refractivity contribution in [1.29, 1.82) is 0 Å². The first-order valence-corrected chi connectivity index (χ1v) is 4.50. The van der Waals surface area contributed by atoms with Crippen LogP contribution < -0.4 is 0 Å². The minimum atomic E-state index is -0.163. The van der Waals surface area contributed by atoms with Gasteiger partial charge in [0.15, 0.2) is 5.78 Å². The molecule has 1 aromatic carbocycles. The third-order valence-corrected chi connectivity index (χ3v) is 2.07. The maximum Gasteiger partial charge on any atom is 0.169 e. The monoisotopic (exact) mass is 194 g/mol. The second kappa shape index (κ2) is 3.70. The molecule has 1 rings (SSSR count). The van der Waals surface area contributed by atoms with E-state index in [1.54, 1.807) is 20.8 Å². The van der Waals surface area contributed by atoms with Gasteiger partial charge in [-0.15, -0.1) is 0 Å². The Labute approximate surface area is 83.0 Å². The molecule has 0 saturated heterocycles. The molecule has 3 heteroatoms. The molecule has 1 aromatic rings. The van der Waals surface area contributed by atoms with Crippen molar-refractivity contribution in [2.24, 2.45) is 5.92 Å². The molecule has 0 fully saturated rings. The van der Waals surface area contributed by atoms with Gasteiger partial charge in [0.05, 0.1) is 5.56 Å². The summed E-state index contributed by atoms with van der Waals surface area (Å²) in [5.74, 6) is -0.453. The summed E-state index contributed by atoms with van der Waals surface area (Å²) in [7, 11) is 0. The molecule has 0 spiro atoms.